The van der Waals surface area contributed by atoms with Gasteiger partial charge in [-0.05, 0) is 25.1 Å². The number of halogens is 5. The lowest BCUT2D eigenvalue weighted by Crippen LogP contribution is -2.16. The molecule has 1 N–H and O–H groups in total. The van der Waals surface area contributed by atoms with E-state index in [0.717, 1.165) is 0 Å². The van der Waals surface area contributed by atoms with E-state index in [9.17, 15) is 4.79 Å². The van der Waals surface area contributed by atoms with Crippen molar-refractivity contribution in [1.29, 1.82) is 0 Å². The molecule has 0 radical (unpaired) electrons. The zero-order chi connectivity index (χ0) is 19.0. The summed E-state index contributed by atoms with van der Waals surface area (Å²) in [4.78, 5) is 16.8. The normalized spacial score (nSPS) is 10.8. The van der Waals surface area contributed by atoms with Crippen LogP contribution in [0.15, 0.2) is 30.5 Å². The number of nitrogens with one attached hydrogen (secondary N) is 1. The molecule has 3 rings (SSSR count). The van der Waals surface area contributed by atoms with E-state index in [2.05, 4.69) is 15.4 Å². The van der Waals surface area contributed by atoms with Gasteiger partial charge in [0.15, 0.2) is 5.82 Å². The molecule has 0 aliphatic carbocycles. The van der Waals surface area contributed by atoms with Crippen molar-refractivity contribution >= 4 is 69.7 Å². The van der Waals surface area contributed by atoms with Gasteiger partial charge >= 0.3 is 0 Å². The second kappa shape index (κ2) is 7.62. The van der Waals surface area contributed by atoms with Crippen LogP contribution in [0.25, 0.3) is 5.82 Å². The van der Waals surface area contributed by atoms with Gasteiger partial charge in [-0.15, -0.1) is 0 Å². The van der Waals surface area contributed by atoms with Crippen LogP contribution in [0.4, 0.5) is 5.82 Å². The fourth-order valence-electron chi connectivity index (χ4n) is 2.23. The van der Waals surface area contributed by atoms with Crippen LogP contribution in [-0.2, 0) is 0 Å². The summed E-state index contributed by atoms with van der Waals surface area (Å²) < 4.78 is 1.39. The molecule has 1 aromatic carbocycles. The highest BCUT2D eigenvalue weighted by Gasteiger charge is 2.20. The third-order valence-electron chi connectivity index (χ3n) is 3.33. The van der Waals surface area contributed by atoms with Crippen LogP contribution in [0.5, 0.6) is 0 Å². The van der Waals surface area contributed by atoms with Gasteiger partial charge in [-0.25, -0.2) is 4.98 Å². The van der Waals surface area contributed by atoms with Crippen molar-refractivity contribution in [3.8, 4) is 5.82 Å². The summed E-state index contributed by atoms with van der Waals surface area (Å²) >= 11 is 30.2. The number of rotatable bonds is 3. The highest BCUT2D eigenvalue weighted by molar-refractivity contribution is 6.46. The predicted octanol–water partition coefficient (Wildman–Crippen LogP) is 6.10. The Morgan fingerprint density at radius 3 is 2.42 bits per heavy atom. The first kappa shape index (κ1) is 19.3. The van der Waals surface area contributed by atoms with Gasteiger partial charge in [-0.3, -0.25) is 4.79 Å². The largest absolute Gasteiger partial charge is 0.306 e. The van der Waals surface area contributed by atoms with Crippen molar-refractivity contribution < 1.29 is 4.79 Å². The van der Waals surface area contributed by atoms with Crippen LogP contribution < -0.4 is 5.32 Å². The monoisotopic (exact) mass is 448 g/mol. The smallest absolute Gasteiger partial charge is 0.259 e. The molecule has 0 saturated heterocycles. The highest BCUT2D eigenvalue weighted by Crippen LogP contribution is 2.32. The Hall–Kier alpha value is -1.50. The first-order valence-electron chi connectivity index (χ1n) is 7.11. The van der Waals surface area contributed by atoms with E-state index >= 15 is 0 Å². The van der Waals surface area contributed by atoms with Crippen molar-refractivity contribution in [3.63, 3.8) is 0 Å². The van der Waals surface area contributed by atoms with E-state index in [-0.39, 0.29) is 25.7 Å². The number of amides is 1. The van der Waals surface area contributed by atoms with Crippen LogP contribution in [0.1, 0.15) is 16.1 Å². The van der Waals surface area contributed by atoms with E-state index in [1.807, 2.05) is 0 Å². The number of hydrogen-bond acceptors (Lipinski definition) is 3. The molecule has 0 atom stereocenters. The summed E-state index contributed by atoms with van der Waals surface area (Å²) in [5.74, 6) is 0.0906. The molecule has 0 bridgehead atoms. The number of benzene rings is 1. The van der Waals surface area contributed by atoms with Gasteiger partial charge in [0, 0.05) is 12.3 Å². The van der Waals surface area contributed by atoms with Gasteiger partial charge in [0.05, 0.1) is 36.4 Å². The van der Waals surface area contributed by atoms with Crippen LogP contribution in [0.2, 0.25) is 25.1 Å². The summed E-state index contributed by atoms with van der Waals surface area (Å²) in [6, 6.07) is 6.18. The minimum absolute atomic E-state index is 0.0569. The van der Waals surface area contributed by atoms with Crippen molar-refractivity contribution in [2.75, 3.05) is 5.32 Å². The number of nitrogens with zero attached hydrogens (tertiary/aromatic N) is 3. The SMILES string of the molecule is Cc1cc(NC(=O)c2c(Cl)ccc(Cl)c2Cl)n(-c2ncc(Cl)cc2Cl)n1. The average molecular weight is 451 g/mol. The zero-order valence-electron chi connectivity index (χ0n) is 13.0. The standard InChI is InChI=1S/C16H9Cl5N4O/c1-7-4-12(25(24-7)15-11(20)5-8(17)6-22-15)23-16(26)13-9(18)2-3-10(19)14(13)21/h2-6H,1H3,(H,23,26). The highest BCUT2D eigenvalue weighted by atomic mass is 35.5. The van der Waals surface area contributed by atoms with Crippen molar-refractivity contribution in [2.45, 2.75) is 6.92 Å². The maximum atomic E-state index is 12.7. The maximum absolute atomic E-state index is 12.7. The first-order valence-corrected chi connectivity index (χ1v) is 9.00. The summed E-state index contributed by atoms with van der Waals surface area (Å²) in [6.07, 6.45) is 1.43. The maximum Gasteiger partial charge on any atom is 0.259 e. The Labute approximate surface area is 173 Å². The number of carbonyl (C=O) groups is 1. The number of aromatic nitrogens is 3. The van der Waals surface area contributed by atoms with Crippen molar-refractivity contribution in [1.82, 2.24) is 14.8 Å². The molecule has 10 heteroatoms. The van der Waals surface area contributed by atoms with E-state index in [1.165, 1.54) is 29.1 Å². The molecule has 1 amide bonds. The lowest BCUT2D eigenvalue weighted by Gasteiger charge is -2.11. The number of aryl methyl sites for hydroxylation is 1. The number of anilines is 1. The van der Waals surface area contributed by atoms with Crippen LogP contribution in [0.3, 0.4) is 0 Å². The number of pyridine rings is 1. The lowest BCUT2D eigenvalue weighted by molar-refractivity contribution is 0.102. The molecular formula is C16H9Cl5N4O. The van der Waals surface area contributed by atoms with E-state index in [1.54, 1.807) is 13.0 Å². The molecule has 26 heavy (non-hydrogen) atoms. The second-order valence-corrected chi connectivity index (χ2v) is 7.25. The van der Waals surface area contributed by atoms with Crippen LogP contribution in [0, 0.1) is 6.92 Å². The quantitative estimate of drug-likeness (QED) is 0.491. The summed E-state index contributed by atoms with van der Waals surface area (Å²) in [6.45, 7) is 1.76. The summed E-state index contributed by atoms with van der Waals surface area (Å²) in [5.41, 5.74) is 0.692. The number of carbonyl (C=O) groups excluding carboxylic acids is 1. The molecule has 134 valence electrons. The summed E-state index contributed by atoms with van der Waals surface area (Å²) in [7, 11) is 0. The van der Waals surface area contributed by atoms with Gasteiger partial charge in [0.25, 0.3) is 5.91 Å². The topological polar surface area (TPSA) is 59.8 Å². The molecule has 0 fully saturated rings. The zero-order valence-corrected chi connectivity index (χ0v) is 16.8. The van der Waals surface area contributed by atoms with Gasteiger partial charge in [-0.2, -0.15) is 9.78 Å². The van der Waals surface area contributed by atoms with Gasteiger partial charge in [0.1, 0.15) is 5.82 Å². The molecule has 3 aromatic rings. The Kier molecular flexibility index (Phi) is 5.65. The van der Waals surface area contributed by atoms with Gasteiger partial charge < -0.3 is 5.32 Å². The van der Waals surface area contributed by atoms with Crippen LogP contribution in [-0.4, -0.2) is 20.7 Å². The Bertz CT molecular complexity index is 1020. The molecule has 0 aliphatic heterocycles. The third kappa shape index (κ3) is 3.77. The molecule has 0 saturated carbocycles. The lowest BCUT2D eigenvalue weighted by atomic mass is 10.2. The molecule has 2 heterocycles. The molecule has 0 unspecified atom stereocenters. The molecular weight excluding hydrogens is 441 g/mol. The Morgan fingerprint density at radius 2 is 1.73 bits per heavy atom. The third-order valence-corrected chi connectivity index (χ3v) is 4.94. The van der Waals surface area contributed by atoms with E-state index in [0.29, 0.717) is 22.4 Å². The molecule has 0 spiro atoms. The molecule has 0 aliphatic rings. The number of hydrogen-bond donors (Lipinski definition) is 1. The first-order chi connectivity index (χ1) is 12.3. The fraction of sp³-hybridized carbons (Fsp3) is 0.0625. The molecule has 2 aromatic heterocycles. The van der Waals surface area contributed by atoms with Crippen molar-refractivity contribution in [2.24, 2.45) is 0 Å². The fourth-order valence-corrected chi connectivity index (χ4v) is 3.39. The average Bonchev–Trinajstić information content (AvgIpc) is 2.91. The summed E-state index contributed by atoms with van der Waals surface area (Å²) in [5, 5.41) is 8.10. The van der Waals surface area contributed by atoms with Gasteiger partial charge in [-0.1, -0.05) is 58.0 Å². The van der Waals surface area contributed by atoms with E-state index < -0.39 is 5.91 Å². The van der Waals surface area contributed by atoms with Crippen molar-refractivity contribution in [3.05, 3.63) is 66.8 Å². The Balaban J connectivity index is 2.02. The van der Waals surface area contributed by atoms with Crippen LogP contribution >= 0.6 is 58.0 Å². The second-order valence-electron chi connectivity index (χ2n) is 5.21. The van der Waals surface area contributed by atoms with Gasteiger partial charge in [0.2, 0.25) is 0 Å². The minimum atomic E-state index is -0.547. The van der Waals surface area contributed by atoms with E-state index in [4.69, 9.17) is 58.0 Å². The Morgan fingerprint density at radius 1 is 1.04 bits per heavy atom. The predicted molar refractivity (Wildman–Crippen MR) is 106 cm³/mol. The minimum Gasteiger partial charge on any atom is -0.306 e. The molecule has 5 nitrogen and oxygen atoms in total.